The fourth-order valence-electron chi connectivity index (χ4n) is 3.24. The van der Waals surface area contributed by atoms with Gasteiger partial charge in [-0.15, -0.1) is 0 Å². The van der Waals surface area contributed by atoms with Gasteiger partial charge >= 0.3 is 6.09 Å². The average Bonchev–Trinajstić information content (AvgIpc) is 3.06. The number of ether oxygens (including phenoxy) is 2. The van der Waals surface area contributed by atoms with E-state index < -0.39 is 24.1 Å². The summed E-state index contributed by atoms with van der Waals surface area (Å²) in [5, 5.41) is 3.66. The summed E-state index contributed by atoms with van der Waals surface area (Å²) in [4.78, 5) is 29.4. The van der Waals surface area contributed by atoms with E-state index in [1.807, 2.05) is 44.2 Å². The van der Waals surface area contributed by atoms with Gasteiger partial charge < -0.3 is 9.47 Å². The van der Waals surface area contributed by atoms with Gasteiger partial charge in [-0.25, -0.2) is 9.69 Å². The van der Waals surface area contributed by atoms with E-state index in [-0.39, 0.29) is 12.7 Å². The van der Waals surface area contributed by atoms with Crippen molar-refractivity contribution < 1.29 is 19.1 Å². The van der Waals surface area contributed by atoms with Crippen LogP contribution in [0.5, 0.6) is 5.75 Å². The molecule has 0 radical (unpaired) electrons. The molecule has 0 N–H and O–H groups in total. The number of imide groups is 1. The number of carbonyl (C=O) groups excluding carboxylic acids is 2. The van der Waals surface area contributed by atoms with Crippen molar-refractivity contribution in [2.45, 2.75) is 38.5 Å². The predicted molar refractivity (Wildman–Crippen MR) is 106 cm³/mol. The maximum Gasteiger partial charge on any atom is 0.417 e. The van der Waals surface area contributed by atoms with E-state index >= 15 is 0 Å². The Labute approximate surface area is 168 Å². The maximum absolute atomic E-state index is 13.2. The minimum absolute atomic E-state index is 0.0531. The summed E-state index contributed by atoms with van der Waals surface area (Å²) in [6.45, 7) is 3.87. The molecular formula is C21H22N4O4. The summed E-state index contributed by atoms with van der Waals surface area (Å²) >= 11 is 0. The highest BCUT2D eigenvalue weighted by atomic mass is 16.6. The smallest absolute Gasteiger partial charge is 0.417 e. The van der Waals surface area contributed by atoms with Crippen molar-refractivity contribution in [2.24, 2.45) is 5.11 Å². The van der Waals surface area contributed by atoms with Crippen molar-refractivity contribution in [3.63, 3.8) is 0 Å². The van der Waals surface area contributed by atoms with E-state index in [1.54, 1.807) is 24.3 Å². The van der Waals surface area contributed by atoms with Crippen LogP contribution in [0.1, 0.15) is 31.0 Å². The van der Waals surface area contributed by atoms with Crippen LogP contribution >= 0.6 is 0 Å². The van der Waals surface area contributed by atoms with Gasteiger partial charge in [0.25, 0.3) is 0 Å². The predicted octanol–water partition coefficient (Wildman–Crippen LogP) is 4.42. The second kappa shape index (κ2) is 9.12. The summed E-state index contributed by atoms with van der Waals surface area (Å²) in [5.41, 5.74) is 10.4. The largest absolute Gasteiger partial charge is 0.491 e. The molecule has 8 heteroatoms. The van der Waals surface area contributed by atoms with Crippen LogP contribution in [0.4, 0.5) is 4.79 Å². The van der Waals surface area contributed by atoms with Gasteiger partial charge in [0.05, 0.1) is 12.1 Å². The van der Waals surface area contributed by atoms with Crippen LogP contribution in [0.2, 0.25) is 0 Å². The number of hydrogen-bond donors (Lipinski definition) is 0. The molecule has 2 aromatic rings. The molecule has 0 saturated carbocycles. The third-order valence-corrected chi connectivity index (χ3v) is 4.46. The summed E-state index contributed by atoms with van der Waals surface area (Å²) in [6.07, 6.45) is -0.330. The number of benzene rings is 2. The van der Waals surface area contributed by atoms with Gasteiger partial charge in [-0.05, 0) is 49.1 Å². The Morgan fingerprint density at radius 2 is 2.03 bits per heavy atom. The second-order valence-electron chi connectivity index (χ2n) is 6.98. The molecule has 3 rings (SSSR count). The number of rotatable bonds is 7. The lowest BCUT2D eigenvalue weighted by atomic mass is 10.0. The molecule has 1 aliphatic heterocycles. The zero-order chi connectivity index (χ0) is 20.8. The van der Waals surface area contributed by atoms with Crippen molar-refractivity contribution >= 4 is 12.0 Å². The normalized spacial score (nSPS) is 16.9. The van der Waals surface area contributed by atoms with Gasteiger partial charge in [-0.2, -0.15) is 0 Å². The van der Waals surface area contributed by atoms with Crippen molar-refractivity contribution in [3.8, 4) is 5.75 Å². The van der Waals surface area contributed by atoms with Gasteiger partial charge in [-0.1, -0.05) is 47.6 Å². The quantitative estimate of drug-likeness (QED) is 0.394. The Morgan fingerprint density at radius 1 is 1.28 bits per heavy atom. The van der Waals surface area contributed by atoms with Crippen LogP contribution in [-0.2, 0) is 16.0 Å². The standard InChI is InChI=1S/C21H22N4O4/c1-14(2)29-18-10-6-9-16(12-18)19(23-24-22)20(26)25-17(13-28-21(25)27)11-15-7-4-3-5-8-15/h3-10,12,14,17,19H,11,13H2,1-2H3/t17-,19-/m0/s1. The number of cyclic esters (lactones) is 1. The van der Waals surface area contributed by atoms with Crippen molar-refractivity contribution in [2.75, 3.05) is 6.61 Å². The second-order valence-corrected chi connectivity index (χ2v) is 6.98. The third-order valence-electron chi connectivity index (χ3n) is 4.46. The molecule has 1 aliphatic rings. The first-order valence-corrected chi connectivity index (χ1v) is 9.34. The molecule has 0 aromatic heterocycles. The molecule has 8 nitrogen and oxygen atoms in total. The van der Waals surface area contributed by atoms with Crippen LogP contribution in [0.25, 0.3) is 10.4 Å². The maximum atomic E-state index is 13.2. The first-order chi connectivity index (χ1) is 14.0. The van der Waals surface area contributed by atoms with Crippen molar-refractivity contribution in [3.05, 3.63) is 76.2 Å². The zero-order valence-electron chi connectivity index (χ0n) is 16.3. The molecule has 0 unspecified atom stereocenters. The van der Waals surface area contributed by atoms with Crippen LogP contribution in [0, 0.1) is 0 Å². The van der Waals surface area contributed by atoms with E-state index in [2.05, 4.69) is 10.0 Å². The third kappa shape index (κ3) is 4.86. The number of nitrogens with zero attached hydrogens (tertiary/aromatic N) is 4. The zero-order valence-corrected chi connectivity index (χ0v) is 16.3. The fourth-order valence-corrected chi connectivity index (χ4v) is 3.24. The Bertz CT molecular complexity index is 925. The van der Waals surface area contributed by atoms with Gasteiger partial charge in [0.1, 0.15) is 18.4 Å². The van der Waals surface area contributed by atoms with Crippen molar-refractivity contribution in [1.82, 2.24) is 4.90 Å². The molecule has 150 valence electrons. The number of amides is 2. The van der Waals surface area contributed by atoms with Gasteiger partial charge in [0.2, 0.25) is 5.91 Å². The monoisotopic (exact) mass is 394 g/mol. The van der Waals surface area contributed by atoms with E-state index in [0.29, 0.717) is 17.7 Å². The molecule has 2 amide bonds. The first kappa shape index (κ1) is 20.2. The molecule has 0 spiro atoms. The van der Waals surface area contributed by atoms with Crippen LogP contribution in [0.3, 0.4) is 0 Å². The number of carbonyl (C=O) groups is 2. The highest BCUT2D eigenvalue weighted by Gasteiger charge is 2.41. The molecule has 29 heavy (non-hydrogen) atoms. The topological polar surface area (TPSA) is 105 Å². The summed E-state index contributed by atoms with van der Waals surface area (Å²) in [6, 6.07) is 14.6. The van der Waals surface area contributed by atoms with E-state index in [4.69, 9.17) is 15.0 Å². The van der Waals surface area contributed by atoms with Crippen LogP contribution in [0.15, 0.2) is 59.7 Å². The van der Waals surface area contributed by atoms with Crippen molar-refractivity contribution in [1.29, 1.82) is 0 Å². The van der Waals surface area contributed by atoms with E-state index in [0.717, 1.165) is 10.5 Å². The highest BCUT2D eigenvalue weighted by molar-refractivity contribution is 5.97. The van der Waals surface area contributed by atoms with Gasteiger partial charge in [0, 0.05) is 4.91 Å². The van der Waals surface area contributed by atoms with E-state index in [1.165, 1.54) is 0 Å². The van der Waals surface area contributed by atoms with Crippen LogP contribution in [-0.4, -0.2) is 35.7 Å². The molecule has 2 aromatic carbocycles. The Balaban J connectivity index is 1.87. The molecule has 1 heterocycles. The Hall–Kier alpha value is -3.51. The minimum atomic E-state index is -1.19. The number of hydrogen-bond acceptors (Lipinski definition) is 5. The Morgan fingerprint density at radius 3 is 2.72 bits per heavy atom. The number of azide groups is 1. The molecule has 1 saturated heterocycles. The molecule has 0 aliphatic carbocycles. The lowest BCUT2D eigenvalue weighted by Crippen LogP contribution is -2.42. The SMILES string of the molecule is CC(C)Oc1cccc([C@H](N=[N+]=[N-])C(=O)N2C(=O)OC[C@@H]2Cc2ccccc2)c1. The van der Waals surface area contributed by atoms with Gasteiger partial charge in [0.15, 0.2) is 0 Å². The molecule has 2 atom stereocenters. The van der Waals surface area contributed by atoms with Crippen LogP contribution < -0.4 is 4.74 Å². The first-order valence-electron chi connectivity index (χ1n) is 9.34. The highest BCUT2D eigenvalue weighted by Crippen LogP contribution is 2.28. The van der Waals surface area contributed by atoms with E-state index in [9.17, 15) is 9.59 Å². The average molecular weight is 394 g/mol. The van der Waals surface area contributed by atoms with Gasteiger partial charge in [-0.3, -0.25) is 4.79 Å². The molecular weight excluding hydrogens is 372 g/mol. The Kier molecular flexibility index (Phi) is 6.36. The molecule has 0 bridgehead atoms. The fraction of sp³-hybridized carbons (Fsp3) is 0.333. The summed E-state index contributed by atoms with van der Waals surface area (Å²) in [7, 11) is 0. The summed E-state index contributed by atoms with van der Waals surface area (Å²) < 4.78 is 10.8. The lowest BCUT2D eigenvalue weighted by molar-refractivity contribution is -0.130. The minimum Gasteiger partial charge on any atom is -0.491 e. The molecule has 1 fully saturated rings. The summed E-state index contributed by atoms with van der Waals surface area (Å²) in [5.74, 6) is -0.0683. The lowest BCUT2D eigenvalue weighted by Gasteiger charge is -2.23.